The van der Waals surface area contributed by atoms with Gasteiger partial charge in [0.05, 0.1) is 11.8 Å². The molecule has 3 rings (SSSR count). The van der Waals surface area contributed by atoms with Gasteiger partial charge in [-0.1, -0.05) is 6.07 Å². The number of piperazine rings is 1. The van der Waals surface area contributed by atoms with Crippen LogP contribution in [0.2, 0.25) is 0 Å². The van der Waals surface area contributed by atoms with Crippen molar-refractivity contribution >= 4 is 22.1 Å². The molecule has 2 heterocycles. The fourth-order valence-electron chi connectivity index (χ4n) is 3.46. The second kappa shape index (κ2) is 9.96. The number of carbonyl (C=O) groups is 1. The maximum Gasteiger partial charge on any atom is 0.233 e. The number of halogens is 1. The van der Waals surface area contributed by atoms with Crippen molar-refractivity contribution < 1.29 is 22.8 Å². The lowest BCUT2D eigenvalue weighted by Crippen LogP contribution is -2.51. The lowest BCUT2D eigenvalue weighted by atomic mass is 10.1. The van der Waals surface area contributed by atoms with Gasteiger partial charge < -0.3 is 4.90 Å². The Morgan fingerprint density at radius 3 is 2.43 bits per heavy atom. The van der Waals surface area contributed by atoms with E-state index in [2.05, 4.69) is 4.98 Å². The maximum atomic E-state index is 13.1. The molecule has 1 saturated heterocycles. The molecule has 1 aliphatic rings. The summed E-state index contributed by atoms with van der Waals surface area (Å²) < 4.78 is 40.3. The van der Waals surface area contributed by atoms with E-state index in [0.29, 0.717) is 24.6 Å². The molecule has 0 spiro atoms. The molecular formula is C20H25FN4O4S. The van der Waals surface area contributed by atoms with Gasteiger partial charge in [-0.3, -0.25) is 15.0 Å². The topological polar surface area (TPSA) is 94.0 Å². The Labute approximate surface area is 175 Å². The van der Waals surface area contributed by atoms with E-state index in [9.17, 15) is 22.8 Å². The third kappa shape index (κ3) is 5.74. The minimum atomic E-state index is -3.69. The molecule has 1 atom stereocenters. The van der Waals surface area contributed by atoms with Crippen LogP contribution < -0.4 is 4.90 Å². The van der Waals surface area contributed by atoms with Crippen molar-refractivity contribution in [3.63, 3.8) is 0 Å². The summed E-state index contributed by atoms with van der Waals surface area (Å²) >= 11 is 0. The Morgan fingerprint density at radius 1 is 1.13 bits per heavy atom. The molecule has 30 heavy (non-hydrogen) atoms. The molecule has 0 radical (unpaired) electrons. The van der Waals surface area contributed by atoms with Gasteiger partial charge in [0.2, 0.25) is 16.4 Å². The first-order valence-electron chi connectivity index (χ1n) is 9.70. The molecule has 1 fully saturated rings. The second-order valence-corrected chi connectivity index (χ2v) is 9.15. The van der Waals surface area contributed by atoms with Crippen molar-refractivity contribution in [1.29, 1.82) is 0 Å². The van der Waals surface area contributed by atoms with Gasteiger partial charge in [-0.05, 0) is 49.2 Å². The fraction of sp³-hybridized carbons (Fsp3) is 0.400. The number of anilines is 1. The lowest BCUT2D eigenvalue weighted by Gasteiger charge is -2.36. The highest BCUT2D eigenvalue weighted by Gasteiger charge is 2.31. The summed E-state index contributed by atoms with van der Waals surface area (Å²) in [6.45, 7) is 1.50. The average molecular weight is 437 g/mol. The third-order valence-corrected chi connectivity index (χ3v) is 7.13. The number of hydrogen-bond donors (Lipinski definition) is 1. The summed E-state index contributed by atoms with van der Waals surface area (Å²) in [5, 5.41) is 10.3. The predicted molar refractivity (Wildman–Crippen MR) is 110 cm³/mol. The first-order chi connectivity index (χ1) is 14.4. The van der Waals surface area contributed by atoms with Gasteiger partial charge in [-0.25, -0.2) is 17.9 Å². The number of aryl methyl sites for hydroxylation is 1. The molecule has 162 valence electrons. The average Bonchev–Trinajstić information content (AvgIpc) is 2.77. The van der Waals surface area contributed by atoms with Crippen molar-refractivity contribution in [2.45, 2.75) is 18.9 Å². The highest BCUT2D eigenvalue weighted by Crippen LogP contribution is 2.19. The number of aromatic nitrogens is 1. The number of nitrogens with zero attached hydrogens (tertiary/aromatic N) is 4. The fourth-order valence-corrected chi connectivity index (χ4v) is 5.20. The Hall–Kier alpha value is -2.56. The first-order valence-corrected chi connectivity index (χ1v) is 11.3. The van der Waals surface area contributed by atoms with Crippen molar-refractivity contribution in [1.82, 2.24) is 14.4 Å². The van der Waals surface area contributed by atoms with Crippen LogP contribution in [0.5, 0.6) is 0 Å². The van der Waals surface area contributed by atoms with Crippen molar-refractivity contribution in [2.24, 2.45) is 0 Å². The second-order valence-electron chi connectivity index (χ2n) is 7.14. The number of rotatable bonds is 9. The number of hydroxylamine groups is 2. The van der Waals surface area contributed by atoms with Gasteiger partial charge in [-0.2, -0.15) is 4.31 Å². The van der Waals surface area contributed by atoms with Gasteiger partial charge in [0.25, 0.3) is 0 Å². The van der Waals surface area contributed by atoms with Crippen molar-refractivity contribution in [3.8, 4) is 0 Å². The minimum Gasteiger partial charge on any atom is -0.369 e. The third-order valence-electron chi connectivity index (χ3n) is 5.17. The van der Waals surface area contributed by atoms with E-state index in [1.54, 1.807) is 24.4 Å². The van der Waals surface area contributed by atoms with Crippen molar-refractivity contribution in [2.75, 3.05) is 36.8 Å². The monoisotopic (exact) mass is 436 g/mol. The molecule has 0 saturated carbocycles. The molecule has 1 N–H and O–H groups in total. The van der Waals surface area contributed by atoms with E-state index in [1.165, 1.54) is 16.4 Å². The van der Waals surface area contributed by atoms with Gasteiger partial charge in [-0.15, -0.1) is 0 Å². The zero-order valence-corrected chi connectivity index (χ0v) is 17.3. The number of sulfonamides is 1. The molecule has 0 aliphatic carbocycles. The van der Waals surface area contributed by atoms with Crippen molar-refractivity contribution in [3.05, 3.63) is 60.2 Å². The number of pyridine rings is 1. The van der Waals surface area contributed by atoms with Gasteiger partial charge >= 0.3 is 0 Å². The first kappa shape index (κ1) is 22.1. The zero-order chi connectivity index (χ0) is 21.6. The Bertz CT molecular complexity index is 920. The number of carbonyl (C=O) groups excluding carboxylic acids is 1. The molecule has 10 heteroatoms. The van der Waals surface area contributed by atoms with E-state index in [1.807, 2.05) is 17.0 Å². The lowest BCUT2D eigenvalue weighted by molar-refractivity contribution is -0.158. The highest BCUT2D eigenvalue weighted by molar-refractivity contribution is 7.89. The molecule has 1 aromatic carbocycles. The zero-order valence-electron chi connectivity index (χ0n) is 16.5. The summed E-state index contributed by atoms with van der Waals surface area (Å²) in [4.78, 5) is 17.2. The molecular weight excluding hydrogens is 411 g/mol. The number of amides is 1. The Balaban J connectivity index is 1.60. The van der Waals surface area contributed by atoms with Crippen LogP contribution in [-0.4, -0.2) is 72.4 Å². The summed E-state index contributed by atoms with van der Waals surface area (Å²) in [5.41, 5.74) is 1.59. The van der Waals surface area contributed by atoms with Gasteiger partial charge in [0.1, 0.15) is 5.82 Å². The normalized spacial score (nSPS) is 16.3. The summed E-state index contributed by atoms with van der Waals surface area (Å²) in [6, 6.07) is 10.6. The van der Waals surface area contributed by atoms with E-state index in [4.69, 9.17) is 0 Å². The van der Waals surface area contributed by atoms with Gasteiger partial charge in [0.15, 0.2) is 0 Å². The molecule has 0 bridgehead atoms. The number of hydrogen-bond acceptors (Lipinski definition) is 6. The largest absolute Gasteiger partial charge is 0.369 e. The van der Waals surface area contributed by atoms with E-state index >= 15 is 0 Å². The summed E-state index contributed by atoms with van der Waals surface area (Å²) in [7, 11) is -3.69. The molecule has 1 aliphatic heterocycles. The SMILES string of the molecule is O=CN(O)C(CCc1ccccn1)CS(=O)(=O)N1CCN(c2ccc(F)cc2)CC1. The van der Waals surface area contributed by atoms with E-state index in [0.717, 1.165) is 11.4 Å². The molecule has 2 aromatic rings. The number of benzene rings is 1. The van der Waals surface area contributed by atoms with Crippen LogP contribution in [0.25, 0.3) is 0 Å². The van der Waals surface area contributed by atoms with E-state index in [-0.39, 0.29) is 37.5 Å². The maximum absolute atomic E-state index is 13.1. The van der Waals surface area contributed by atoms with Crippen LogP contribution in [-0.2, 0) is 21.2 Å². The smallest absolute Gasteiger partial charge is 0.233 e. The predicted octanol–water partition coefficient (Wildman–Crippen LogP) is 1.52. The molecule has 8 nitrogen and oxygen atoms in total. The standard InChI is InChI=1S/C20H25FN4O4S/c21-17-4-7-19(8-5-17)23-11-13-24(14-12-23)30(28,29)15-20(25(27)16-26)9-6-18-3-1-2-10-22-18/h1-5,7-8,10,16,20,27H,6,9,11-15H2. The van der Waals surface area contributed by atoms with Crippen LogP contribution in [0.3, 0.4) is 0 Å². The quantitative estimate of drug-likeness (QED) is 0.364. The van der Waals surface area contributed by atoms with Crippen LogP contribution in [0.1, 0.15) is 12.1 Å². The summed E-state index contributed by atoms with van der Waals surface area (Å²) in [5.74, 6) is -0.688. The van der Waals surface area contributed by atoms with Crippen LogP contribution in [0.4, 0.5) is 10.1 Å². The minimum absolute atomic E-state index is 0.227. The van der Waals surface area contributed by atoms with Crippen LogP contribution >= 0.6 is 0 Å². The Morgan fingerprint density at radius 2 is 1.83 bits per heavy atom. The molecule has 1 unspecified atom stereocenters. The summed E-state index contributed by atoms with van der Waals surface area (Å²) in [6.07, 6.45) is 2.56. The molecule has 1 amide bonds. The van der Waals surface area contributed by atoms with Crippen LogP contribution in [0.15, 0.2) is 48.7 Å². The molecule has 1 aromatic heterocycles. The highest BCUT2D eigenvalue weighted by atomic mass is 32.2. The Kier molecular flexibility index (Phi) is 7.35. The van der Waals surface area contributed by atoms with Gasteiger partial charge in [0, 0.05) is 43.8 Å². The van der Waals surface area contributed by atoms with E-state index < -0.39 is 16.1 Å². The van der Waals surface area contributed by atoms with Crippen LogP contribution in [0, 0.1) is 5.82 Å².